The van der Waals surface area contributed by atoms with Gasteiger partial charge in [-0.05, 0) is 99.5 Å². The monoisotopic (exact) mass is 711 g/mol. The van der Waals surface area contributed by atoms with Crippen LogP contribution in [0, 0.1) is 0 Å². The second kappa shape index (κ2) is 12.4. The molecule has 0 saturated heterocycles. The van der Waals surface area contributed by atoms with Crippen LogP contribution < -0.4 is 0 Å². The molecule has 3 heterocycles. The van der Waals surface area contributed by atoms with Crippen LogP contribution >= 0.6 is 0 Å². The summed E-state index contributed by atoms with van der Waals surface area (Å²) >= 11 is 0. The number of fused-ring (bicyclic) bond motifs is 6. The zero-order valence-electron chi connectivity index (χ0n) is 31.5. The van der Waals surface area contributed by atoms with E-state index in [1.807, 2.05) is 0 Å². The van der Waals surface area contributed by atoms with Crippen molar-refractivity contribution in [2.45, 2.75) is 38.5 Å². The molecule has 0 aliphatic rings. The summed E-state index contributed by atoms with van der Waals surface area (Å²) in [5.74, 6) is 1.79. The first-order valence-corrected chi connectivity index (χ1v) is 19.0. The van der Waals surface area contributed by atoms with E-state index < -0.39 is 10.8 Å². The van der Waals surface area contributed by atoms with Crippen LogP contribution in [0.25, 0.3) is 60.7 Å². The van der Waals surface area contributed by atoms with Crippen molar-refractivity contribution >= 4 is 43.6 Å². The summed E-state index contributed by atoms with van der Waals surface area (Å²) in [5.41, 5.74) is 9.53. The normalized spacial score (nSPS) is 12.4. The molecule has 0 amide bonds. The zero-order valence-corrected chi connectivity index (χ0v) is 31.5. The van der Waals surface area contributed by atoms with Gasteiger partial charge in [0.25, 0.3) is 0 Å². The molecular formula is C50H41N5. The van der Waals surface area contributed by atoms with Gasteiger partial charge in [0.2, 0.25) is 0 Å². The summed E-state index contributed by atoms with van der Waals surface area (Å²) in [6.07, 6.45) is 0. The quantitative estimate of drug-likeness (QED) is 0.165. The molecule has 0 aliphatic heterocycles. The third-order valence-corrected chi connectivity index (χ3v) is 11.7. The molecular weight excluding hydrogens is 671 g/mol. The largest absolute Gasteiger partial charge is 0.309 e. The molecule has 10 rings (SSSR count). The summed E-state index contributed by atoms with van der Waals surface area (Å²) in [4.78, 5) is 0. The molecule has 0 saturated carbocycles. The minimum Gasteiger partial charge on any atom is -0.309 e. The van der Waals surface area contributed by atoms with Crippen LogP contribution in [0.15, 0.2) is 176 Å². The molecule has 0 radical (unpaired) electrons. The van der Waals surface area contributed by atoms with Crippen molar-refractivity contribution in [3.63, 3.8) is 0 Å². The minimum absolute atomic E-state index is 0.461. The van der Waals surface area contributed by atoms with Gasteiger partial charge in [0, 0.05) is 38.6 Å². The van der Waals surface area contributed by atoms with E-state index in [1.165, 1.54) is 54.7 Å². The highest BCUT2D eigenvalue weighted by molar-refractivity contribution is 6.10. The Morgan fingerprint density at radius 3 is 0.945 bits per heavy atom. The Morgan fingerprint density at radius 2 is 0.600 bits per heavy atom. The molecule has 55 heavy (non-hydrogen) atoms. The lowest BCUT2D eigenvalue weighted by Gasteiger charge is -2.29. The van der Waals surface area contributed by atoms with E-state index in [0.29, 0.717) is 0 Å². The Balaban J connectivity index is 1.05. The van der Waals surface area contributed by atoms with Crippen LogP contribution in [-0.4, -0.2) is 23.9 Å². The highest BCUT2D eigenvalue weighted by Gasteiger charge is 2.37. The number of nitrogens with zero attached hydrogens (tertiary/aromatic N) is 5. The lowest BCUT2D eigenvalue weighted by molar-refractivity contribution is 0.547. The average molecular weight is 712 g/mol. The van der Waals surface area contributed by atoms with Gasteiger partial charge in [-0.15, -0.1) is 10.2 Å². The molecule has 7 aromatic carbocycles. The van der Waals surface area contributed by atoms with Crippen LogP contribution in [0.3, 0.4) is 0 Å². The van der Waals surface area contributed by atoms with Gasteiger partial charge in [-0.25, -0.2) is 0 Å². The maximum atomic E-state index is 5.02. The molecule has 10 aromatic rings. The molecule has 5 nitrogen and oxygen atoms in total. The van der Waals surface area contributed by atoms with Gasteiger partial charge in [0.05, 0.1) is 32.9 Å². The smallest absolute Gasteiger partial charge is 0.147 e. The topological polar surface area (TPSA) is 40.6 Å². The van der Waals surface area contributed by atoms with E-state index >= 15 is 0 Å². The SMILES string of the molecule is CC(C)(c1ccc(-n2c3ccccc3c3ccccc32)cc1)c1nnc(C(C)(C)c2ccc(-n3c4ccccc4c4ccccc43)cc2)n1-c1ccccc1. The first kappa shape index (κ1) is 32.9. The van der Waals surface area contributed by atoms with E-state index in [1.54, 1.807) is 0 Å². The Bertz CT molecular complexity index is 2720. The van der Waals surface area contributed by atoms with Gasteiger partial charge < -0.3 is 9.13 Å². The summed E-state index contributed by atoms with van der Waals surface area (Å²) in [6, 6.07) is 63.1. The van der Waals surface area contributed by atoms with Crippen molar-refractivity contribution in [2.24, 2.45) is 0 Å². The first-order valence-electron chi connectivity index (χ1n) is 19.0. The van der Waals surface area contributed by atoms with Crippen molar-refractivity contribution < 1.29 is 0 Å². The molecule has 0 bridgehead atoms. The van der Waals surface area contributed by atoms with Crippen molar-refractivity contribution in [1.29, 1.82) is 0 Å². The standard InChI is InChI=1S/C50H41N5/c1-49(2,34-26-30-37(31-27-34)53-43-22-12-8-18-39(43)40-19-9-13-23-44(40)53)47-51-52-48(55(47)36-16-6-5-7-17-36)50(3,4)35-28-32-38(33-29-35)54-45-24-14-10-20-41(45)42-21-11-15-25-46(42)54/h5-33H,1-4H3. The molecule has 0 aliphatic carbocycles. The number of hydrogen-bond donors (Lipinski definition) is 0. The van der Waals surface area contributed by atoms with Gasteiger partial charge in [0.15, 0.2) is 0 Å². The fraction of sp³-hybridized carbons (Fsp3) is 0.120. The predicted octanol–water partition coefficient (Wildman–Crippen LogP) is 12.1. The van der Waals surface area contributed by atoms with Crippen LogP contribution in [0.2, 0.25) is 0 Å². The fourth-order valence-electron chi connectivity index (χ4n) is 8.63. The van der Waals surface area contributed by atoms with Crippen LogP contribution in [0.5, 0.6) is 0 Å². The minimum atomic E-state index is -0.461. The van der Waals surface area contributed by atoms with E-state index in [0.717, 1.165) is 28.7 Å². The van der Waals surface area contributed by atoms with Crippen LogP contribution in [0.4, 0.5) is 0 Å². The summed E-state index contributed by atoms with van der Waals surface area (Å²) in [7, 11) is 0. The zero-order chi connectivity index (χ0) is 37.3. The Labute approximate surface area is 320 Å². The van der Waals surface area contributed by atoms with Crippen LogP contribution in [-0.2, 0) is 10.8 Å². The van der Waals surface area contributed by atoms with Crippen molar-refractivity contribution in [2.75, 3.05) is 0 Å². The lowest BCUT2D eigenvalue weighted by atomic mass is 9.81. The predicted molar refractivity (Wildman–Crippen MR) is 227 cm³/mol. The third kappa shape index (κ3) is 5.07. The number of benzene rings is 7. The number of rotatable bonds is 7. The molecule has 0 spiro atoms. The van der Waals surface area contributed by atoms with Gasteiger partial charge in [-0.1, -0.05) is 115 Å². The van der Waals surface area contributed by atoms with Crippen molar-refractivity contribution in [3.05, 3.63) is 199 Å². The number of hydrogen-bond acceptors (Lipinski definition) is 2. The second-order valence-corrected chi connectivity index (χ2v) is 15.6. The molecule has 266 valence electrons. The second-order valence-electron chi connectivity index (χ2n) is 15.6. The van der Waals surface area contributed by atoms with Gasteiger partial charge in [-0.2, -0.15) is 0 Å². The molecule has 5 heteroatoms. The van der Waals surface area contributed by atoms with E-state index in [2.05, 4.69) is 217 Å². The molecule has 0 N–H and O–H groups in total. The Morgan fingerprint density at radius 1 is 0.309 bits per heavy atom. The number of aromatic nitrogens is 5. The first-order chi connectivity index (χ1) is 26.8. The molecule has 0 unspecified atom stereocenters. The maximum Gasteiger partial charge on any atom is 0.147 e. The third-order valence-electron chi connectivity index (χ3n) is 11.7. The van der Waals surface area contributed by atoms with E-state index in [9.17, 15) is 0 Å². The highest BCUT2D eigenvalue weighted by Crippen LogP contribution is 2.40. The van der Waals surface area contributed by atoms with Crippen molar-refractivity contribution in [3.8, 4) is 17.1 Å². The van der Waals surface area contributed by atoms with Gasteiger partial charge in [0.1, 0.15) is 11.6 Å². The Kier molecular flexibility index (Phi) is 7.43. The summed E-state index contributed by atoms with van der Waals surface area (Å²) in [6.45, 7) is 9.01. The molecule has 3 aromatic heterocycles. The van der Waals surface area contributed by atoms with Gasteiger partial charge in [-0.3, -0.25) is 4.57 Å². The number of para-hydroxylation sites is 5. The Hall–Kier alpha value is -6.72. The highest BCUT2D eigenvalue weighted by atomic mass is 15.3. The molecule has 0 atom stereocenters. The molecule has 0 fully saturated rings. The van der Waals surface area contributed by atoms with Crippen LogP contribution in [0.1, 0.15) is 50.5 Å². The summed E-state index contributed by atoms with van der Waals surface area (Å²) < 4.78 is 7.00. The average Bonchev–Trinajstić information content (AvgIpc) is 3.93. The fourth-order valence-corrected chi connectivity index (χ4v) is 8.63. The van der Waals surface area contributed by atoms with E-state index in [-0.39, 0.29) is 0 Å². The maximum absolute atomic E-state index is 5.02. The van der Waals surface area contributed by atoms with Crippen molar-refractivity contribution in [1.82, 2.24) is 23.9 Å². The van der Waals surface area contributed by atoms with E-state index in [4.69, 9.17) is 10.2 Å². The lowest BCUT2D eigenvalue weighted by Crippen LogP contribution is -2.28. The van der Waals surface area contributed by atoms with Gasteiger partial charge >= 0.3 is 0 Å². The summed E-state index contributed by atoms with van der Waals surface area (Å²) in [5, 5.41) is 15.1.